The first-order valence-electron chi connectivity index (χ1n) is 10.1. The normalized spacial score (nSPS) is 11.5. The second kappa shape index (κ2) is 9.31. The number of hydrogen-bond donors (Lipinski definition) is 1. The lowest BCUT2D eigenvalue weighted by molar-refractivity contribution is -0.120. The molecule has 0 atom stereocenters. The number of ether oxygens (including phenoxy) is 1. The van der Waals surface area contributed by atoms with Gasteiger partial charge in [-0.25, -0.2) is 0 Å². The fourth-order valence-corrected chi connectivity index (χ4v) is 3.86. The highest BCUT2D eigenvalue weighted by Crippen LogP contribution is 2.39. The highest BCUT2D eigenvalue weighted by molar-refractivity contribution is 9.10. The summed E-state index contributed by atoms with van der Waals surface area (Å²) in [4.78, 5) is 12.2. The molecule has 0 saturated heterocycles. The highest BCUT2D eigenvalue weighted by Gasteiger charge is 2.16. The Hall–Kier alpha value is -3.19. The summed E-state index contributed by atoms with van der Waals surface area (Å²) in [6.07, 6.45) is 1.93. The molecule has 0 bridgehead atoms. The summed E-state index contributed by atoms with van der Waals surface area (Å²) < 4.78 is 8.40. The monoisotopic (exact) mass is 479 g/mol. The van der Waals surface area contributed by atoms with E-state index >= 15 is 0 Å². The van der Waals surface area contributed by atoms with Gasteiger partial charge in [-0.15, -0.1) is 10.2 Å². The minimum atomic E-state index is -0.527. The molecule has 1 heterocycles. The third kappa shape index (κ3) is 4.61. The summed E-state index contributed by atoms with van der Waals surface area (Å²) in [5.74, 6) is 0.0749. The molecule has 0 fully saturated rings. The summed E-state index contributed by atoms with van der Waals surface area (Å²) in [6, 6.07) is 19.1. The first-order valence-corrected chi connectivity index (χ1v) is 10.9. The van der Waals surface area contributed by atoms with E-state index in [1.165, 1.54) is 0 Å². The number of carbonyl (C=O) groups excluding carboxylic acids is 1. The molecule has 1 amide bonds. The quantitative estimate of drug-likeness (QED) is 0.297. The van der Waals surface area contributed by atoms with Gasteiger partial charge in [-0.05, 0) is 47.5 Å². The summed E-state index contributed by atoms with van der Waals surface area (Å²) in [6.45, 7) is 2.53. The lowest BCUT2D eigenvalue weighted by Gasteiger charge is -2.05. The number of fused-ring (bicyclic) bond motifs is 2. The Balaban J connectivity index is 1.49. The number of benzene rings is 3. The molecule has 0 aliphatic rings. The number of unbranched alkanes of at least 4 members (excludes halogenated alkanes) is 1. The van der Waals surface area contributed by atoms with Crippen LogP contribution in [-0.2, 0) is 11.3 Å². The van der Waals surface area contributed by atoms with E-state index in [4.69, 9.17) is 4.74 Å². The predicted octanol–water partition coefficient (Wildman–Crippen LogP) is 6.75. The van der Waals surface area contributed by atoms with Crippen LogP contribution in [0.4, 0.5) is 5.69 Å². The van der Waals surface area contributed by atoms with Gasteiger partial charge < -0.3 is 14.4 Å². The maximum absolute atomic E-state index is 12.2. The molecular formula is C24H22BrN3O3. The van der Waals surface area contributed by atoms with E-state index in [1.54, 1.807) is 0 Å². The number of para-hydroxylation sites is 1. The maximum atomic E-state index is 12.2. The van der Waals surface area contributed by atoms with Crippen LogP contribution in [0.25, 0.3) is 21.7 Å². The van der Waals surface area contributed by atoms with E-state index in [-0.39, 0.29) is 12.5 Å². The summed E-state index contributed by atoms with van der Waals surface area (Å²) >= 11 is 3.45. The van der Waals surface area contributed by atoms with Crippen molar-refractivity contribution in [2.75, 3.05) is 6.61 Å². The minimum Gasteiger partial charge on any atom is -0.493 e. The first-order chi connectivity index (χ1) is 15.1. The fourth-order valence-electron chi connectivity index (χ4n) is 3.48. The van der Waals surface area contributed by atoms with Crippen LogP contribution in [-0.4, -0.2) is 22.2 Å². The van der Waals surface area contributed by atoms with Crippen LogP contribution in [0.3, 0.4) is 0 Å². The molecule has 7 heteroatoms. The number of carbonyl (C=O) groups is 1. The second-order valence-electron chi connectivity index (χ2n) is 7.23. The van der Waals surface area contributed by atoms with Crippen LogP contribution in [0.1, 0.15) is 19.8 Å². The van der Waals surface area contributed by atoms with Gasteiger partial charge in [0.1, 0.15) is 5.75 Å². The van der Waals surface area contributed by atoms with Crippen molar-refractivity contribution in [3.05, 3.63) is 65.1 Å². The first kappa shape index (κ1) is 21.1. The van der Waals surface area contributed by atoms with Crippen LogP contribution < -0.4 is 4.74 Å². The molecule has 1 aromatic heterocycles. The lowest BCUT2D eigenvalue weighted by atomic mass is 10.1. The van der Waals surface area contributed by atoms with Gasteiger partial charge in [0.25, 0.3) is 0 Å². The van der Waals surface area contributed by atoms with E-state index in [0.717, 1.165) is 39.0 Å². The number of rotatable bonds is 7. The zero-order valence-electron chi connectivity index (χ0n) is 17.1. The molecule has 158 valence electrons. The van der Waals surface area contributed by atoms with Gasteiger partial charge in [0.2, 0.25) is 5.88 Å². The zero-order chi connectivity index (χ0) is 21.8. The molecule has 0 unspecified atom stereocenters. The highest BCUT2D eigenvalue weighted by atomic mass is 79.9. The Morgan fingerprint density at radius 3 is 2.71 bits per heavy atom. The number of hydrogen-bond acceptors (Lipinski definition) is 4. The molecule has 0 spiro atoms. The molecule has 0 saturated carbocycles. The maximum Gasteiger partial charge on any atom is 0.302 e. The Kier molecular flexibility index (Phi) is 6.32. The van der Waals surface area contributed by atoms with Crippen molar-refractivity contribution in [1.82, 2.24) is 4.57 Å². The van der Waals surface area contributed by atoms with Gasteiger partial charge >= 0.3 is 5.91 Å². The van der Waals surface area contributed by atoms with Crippen molar-refractivity contribution in [3.63, 3.8) is 0 Å². The van der Waals surface area contributed by atoms with Gasteiger partial charge in [0.05, 0.1) is 5.52 Å². The molecule has 0 aliphatic heterocycles. The van der Waals surface area contributed by atoms with Gasteiger partial charge in [0, 0.05) is 16.4 Å². The number of aromatic hydroxyl groups is 1. The van der Waals surface area contributed by atoms with E-state index in [2.05, 4.69) is 33.1 Å². The van der Waals surface area contributed by atoms with Gasteiger partial charge in [-0.2, -0.15) is 0 Å². The standard InChI is InChI=1S/C24H22BrN3O3/c1-2-3-12-28-21-7-5-4-6-20(21)23(24(28)30)27-26-22(29)15-31-19-11-9-16-13-18(25)10-8-17(16)14-19/h4-11,13-14,30H,2-3,12,15H2,1H3. The number of aryl methyl sites for hydroxylation is 1. The summed E-state index contributed by atoms with van der Waals surface area (Å²) in [5, 5.41) is 21.3. The van der Waals surface area contributed by atoms with Crippen molar-refractivity contribution in [2.45, 2.75) is 26.3 Å². The van der Waals surface area contributed by atoms with Crippen molar-refractivity contribution >= 4 is 49.2 Å². The fraction of sp³-hybridized carbons (Fsp3) is 0.208. The molecule has 3 aromatic carbocycles. The SMILES string of the molecule is CCCCn1c(O)c(N=NC(=O)COc2ccc3cc(Br)ccc3c2)c2ccccc21. The molecule has 1 N–H and O–H groups in total. The Labute approximate surface area is 188 Å². The molecular weight excluding hydrogens is 458 g/mol. The number of halogens is 1. The Morgan fingerprint density at radius 2 is 1.87 bits per heavy atom. The van der Waals surface area contributed by atoms with E-state index in [1.807, 2.05) is 65.2 Å². The lowest BCUT2D eigenvalue weighted by Crippen LogP contribution is -2.07. The third-order valence-electron chi connectivity index (χ3n) is 5.05. The zero-order valence-corrected chi connectivity index (χ0v) is 18.7. The topological polar surface area (TPSA) is 76.2 Å². The third-order valence-corrected chi connectivity index (χ3v) is 5.54. The largest absolute Gasteiger partial charge is 0.493 e. The van der Waals surface area contributed by atoms with Crippen LogP contribution in [0, 0.1) is 0 Å². The van der Waals surface area contributed by atoms with Gasteiger partial charge in [-0.3, -0.25) is 4.79 Å². The molecule has 31 heavy (non-hydrogen) atoms. The Morgan fingerprint density at radius 1 is 1.10 bits per heavy atom. The van der Waals surface area contributed by atoms with E-state index < -0.39 is 5.91 Å². The molecule has 6 nitrogen and oxygen atoms in total. The number of amides is 1. The predicted molar refractivity (Wildman–Crippen MR) is 125 cm³/mol. The van der Waals surface area contributed by atoms with Crippen molar-refractivity contribution in [3.8, 4) is 11.6 Å². The second-order valence-corrected chi connectivity index (χ2v) is 8.15. The van der Waals surface area contributed by atoms with Crippen molar-refractivity contribution in [1.29, 1.82) is 0 Å². The number of nitrogens with zero attached hydrogens (tertiary/aromatic N) is 3. The van der Waals surface area contributed by atoms with Crippen LogP contribution >= 0.6 is 15.9 Å². The van der Waals surface area contributed by atoms with E-state index in [0.29, 0.717) is 18.0 Å². The smallest absolute Gasteiger partial charge is 0.302 e. The average molecular weight is 480 g/mol. The van der Waals surface area contributed by atoms with Gasteiger partial charge in [0.15, 0.2) is 12.3 Å². The molecule has 0 radical (unpaired) electrons. The summed E-state index contributed by atoms with van der Waals surface area (Å²) in [7, 11) is 0. The Bertz CT molecular complexity index is 1280. The van der Waals surface area contributed by atoms with Crippen LogP contribution in [0.2, 0.25) is 0 Å². The molecule has 0 aliphatic carbocycles. The summed E-state index contributed by atoms with van der Waals surface area (Å²) in [5.41, 5.74) is 1.17. The van der Waals surface area contributed by atoms with Crippen LogP contribution in [0.15, 0.2) is 75.4 Å². The number of aromatic nitrogens is 1. The van der Waals surface area contributed by atoms with Crippen LogP contribution in [0.5, 0.6) is 11.6 Å². The molecule has 4 rings (SSSR count). The minimum absolute atomic E-state index is 0.0211. The van der Waals surface area contributed by atoms with Gasteiger partial charge in [-0.1, -0.05) is 59.6 Å². The van der Waals surface area contributed by atoms with Crippen molar-refractivity contribution < 1.29 is 14.6 Å². The number of azo groups is 1. The average Bonchev–Trinajstić information content (AvgIpc) is 3.05. The van der Waals surface area contributed by atoms with E-state index in [9.17, 15) is 9.90 Å². The molecule has 4 aromatic rings. The van der Waals surface area contributed by atoms with Crippen molar-refractivity contribution in [2.24, 2.45) is 10.2 Å².